The molecule has 8 heteroatoms. The van der Waals surface area contributed by atoms with Crippen LogP contribution in [-0.2, 0) is 29.0 Å². The molecule has 1 heterocycles. The van der Waals surface area contributed by atoms with Gasteiger partial charge in [0.2, 0.25) is 0 Å². The van der Waals surface area contributed by atoms with Gasteiger partial charge in [0, 0.05) is 6.20 Å². The van der Waals surface area contributed by atoms with E-state index in [1.54, 1.807) is 0 Å². The first-order valence-electron chi connectivity index (χ1n) is 6.00. The fourth-order valence-corrected chi connectivity index (χ4v) is 1.55. The first-order valence-corrected chi connectivity index (χ1v) is 6.00. The molecule has 2 rings (SSSR count). The molecule has 0 radical (unpaired) electrons. The summed E-state index contributed by atoms with van der Waals surface area (Å²) in [7, 11) is 0. The summed E-state index contributed by atoms with van der Waals surface area (Å²) >= 11 is 0. The highest BCUT2D eigenvalue weighted by Crippen LogP contribution is 2.27. The van der Waals surface area contributed by atoms with Crippen molar-refractivity contribution in [3.63, 3.8) is 0 Å². The van der Waals surface area contributed by atoms with Gasteiger partial charge in [-0.2, -0.15) is 18.3 Å². The number of benzene rings is 1. The number of carbonyl (C=O) groups is 1. The second-order valence-corrected chi connectivity index (χ2v) is 4.20. The lowest BCUT2D eigenvalue weighted by Crippen LogP contribution is -2.28. The molecule has 1 amide bonds. The van der Waals surface area contributed by atoms with E-state index in [9.17, 15) is 18.0 Å². The van der Waals surface area contributed by atoms with Crippen molar-refractivity contribution < 1.29 is 22.8 Å². The lowest BCUT2D eigenvalue weighted by molar-refractivity contribution is -0.142. The predicted octanol–water partition coefficient (Wildman–Crippen LogP) is 2.15. The zero-order valence-electron chi connectivity index (χ0n) is 10.8. The Morgan fingerprint density at radius 1 is 1.24 bits per heavy atom. The Morgan fingerprint density at radius 3 is 2.57 bits per heavy atom. The van der Waals surface area contributed by atoms with Crippen molar-refractivity contribution in [3.05, 3.63) is 53.9 Å². The summed E-state index contributed by atoms with van der Waals surface area (Å²) in [5.74, 6) is -0.595. The molecule has 0 unspecified atom stereocenters. The van der Waals surface area contributed by atoms with Gasteiger partial charge in [-0.25, -0.2) is 5.48 Å². The Kier molecular flexibility index (Phi) is 4.59. The molecule has 5 nitrogen and oxygen atoms in total. The summed E-state index contributed by atoms with van der Waals surface area (Å²) in [5, 5.41) is 3.26. The van der Waals surface area contributed by atoms with Gasteiger partial charge < -0.3 is 0 Å². The van der Waals surface area contributed by atoms with Crippen molar-refractivity contribution in [2.24, 2.45) is 0 Å². The highest BCUT2D eigenvalue weighted by molar-refractivity contribution is 5.74. The summed E-state index contributed by atoms with van der Waals surface area (Å²) in [6, 6.07) is 9.92. The van der Waals surface area contributed by atoms with Gasteiger partial charge in [0.15, 0.2) is 5.69 Å². The van der Waals surface area contributed by atoms with Crippen LogP contribution in [0.2, 0.25) is 0 Å². The summed E-state index contributed by atoms with van der Waals surface area (Å²) in [6.07, 6.45) is -3.44. The molecule has 0 saturated carbocycles. The Balaban J connectivity index is 1.78. The number of carbonyl (C=O) groups excluding carboxylic acids is 1. The number of aromatic nitrogens is 2. The number of hydrogen-bond donors (Lipinski definition) is 1. The maximum atomic E-state index is 12.3. The van der Waals surface area contributed by atoms with E-state index in [-0.39, 0.29) is 13.2 Å². The molecule has 1 N–H and O–H groups in total. The molecular formula is C13H12F3N3O2. The lowest BCUT2D eigenvalue weighted by atomic mass is 10.2. The average molecular weight is 299 g/mol. The molecule has 0 aliphatic carbocycles. The van der Waals surface area contributed by atoms with Gasteiger partial charge in [-0.1, -0.05) is 30.3 Å². The van der Waals surface area contributed by atoms with Crippen molar-refractivity contribution in [2.45, 2.75) is 19.3 Å². The molecular weight excluding hydrogens is 287 g/mol. The Morgan fingerprint density at radius 2 is 1.95 bits per heavy atom. The van der Waals surface area contributed by atoms with E-state index in [0.29, 0.717) is 0 Å². The van der Waals surface area contributed by atoms with Gasteiger partial charge in [0.05, 0.1) is 6.61 Å². The minimum absolute atomic E-state index is 0.166. The number of nitrogens with zero attached hydrogens (tertiary/aromatic N) is 2. The summed E-state index contributed by atoms with van der Waals surface area (Å²) in [5.41, 5.74) is 1.96. The first-order chi connectivity index (χ1) is 9.95. The molecule has 0 saturated heterocycles. The average Bonchev–Trinajstić information content (AvgIpc) is 2.88. The van der Waals surface area contributed by atoms with Crippen LogP contribution >= 0.6 is 0 Å². The minimum Gasteiger partial charge on any atom is -0.271 e. The zero-order valence-corrected chi connectivity index (χ0v) is 10.8. The quantitative estimate of drug-likeness (QED) is 0.861. The minimum atomic E-state index is -4.52. The van der Waals surface area contributed by atoms with Gasteiger partial charge >= 0.3 is 6.18 Å². The lowest BCUT2D eigenvalue weighted by Gasteiger charge is -2.06. The summed E-state index contributed by atoms with van der Waals surface area (Å²) in [6.45, 7) is -0.190. The normalized spacial score (nSPS) is 11.4. The van der Waals surface area contributed by atoms with Crippen LogP contribution in [0.5, 0.6) is 0 Å². The Hall–Kier alpha value is -2.35. The Labute approximate surface area is 118 Å². The Bertz CT molecular complexity index is 596. The number of halogens is 3. The van der Waals surface area contributed by atoms with Crippen LogP contribution in [0.25, 0.3) is 0 Å². The van der Waals surface area contributed by atoms with E-state index in [0.717, 1.165) is 22.5 Å². The number of hydrogen-bond acceptors (Lipinski definition) is 3. The van der Waals surface area contributed by atoms with Gasteiger partial charge in [-0.15, -0.1) is 0 Å². The molecule has 1 aromatic heterocycles. The molecule has 0 fully saturated rings. The molecule has 0 aliphatic heterocycles. The first kappa shape index (κ1) is 15.0. The molecule has 0 bridgehead atoms. The third-order valence-corrected chi connectivity index (χ3v) is 2.50. The maximum absolute atomic E-state index is 12.3. The molecule has 0 spiro atoms. The highest BCUT2D eigenvalue weighted by Gasteiger charge is 2.33. The largest absolute Gasteiger partial charge is 0.435 e. The van der Waals surface area contributed by atoms with Crippen LogP contribution in [0.4, 0.5) is 13.2 Å². The molecule has 21 heavy (non-hydrogen) atoms. The topological polar surface area (TPSA) is 56.2 Å². The van der Waals surface area contributed by atoms with Crippen molar-refractivity contribution in [1.82, 2.24) is 15.3 Å². The van der Waals surface area contributed by atoms with E-state index in [2.05, 4.69) is 10.6 Å². The van der Waals surface area contributed by atoms with E-state index >= 15 is 0 Å². The molecule has 0 aliphatic rings. The van der Waals surface area contributed by atoms with Crippen LogP contribution in [0.1, 0.15) is 11.3 Å². The van der Waals surface area contributed by atoms with Gasteiger partial charge in [-0.3, -0.25) is 14.3 Å². The van der Waals surface area contributed by atoms with Crippen LogP contribution < -0.4 is 5.48 Å². The molecule has 0 atom stereocenters. The number of alkyl halides is 3. The smallest absolute Gasteiger partial charge is 0.271 e. The van der Waals surface area contributed by atoms with E-state index in [4.69, 9.17) is 4.84 Å². The van der Waals surface area contributed by atoms with Gasteiger partial charge in [0.25, 0.3) is 5.91 Å². The second kappa shape index (κ2) is 6.40. The van der Waals surface area contributed by atoms with Crippen LogP contribution in [0.3, 0.4) is 0 Å². The fourth-order valence-electron chi connectivity index (χ4n) is 1.55. The fraction of sp³-hybridized carbons (Fsp3) is 0.231. The number of hydroxylamine groups is 1. The van der Waals surface area contributed by atoms with Crippen LogP contribution in [-0.4, -0.2) is 15.7 Å². The van der Waals surface area contributed by atoms with E-state index in [1.807, 2.05) is 30.3 Å². The molecule has 2 aromatic rings. The summed E-state index contributed by atoms with van der Waals surface area (Å²) in [4.78, 5) is 16.4. The molecule has 112 valence electrons. The van der Waals surface area contributed by atoms with Crippen molar-refractivity contribution in [3.8, 4) is 0 Å². The zero-order chi connectivity index (χ0) is 15.3. The number of nitrogens with one attached hydrogen (secondary N) is 1. The summed E-state index contributed by atoms with van der Waals surface area (Å²) < 4.78 is 37.9. The van der Waals surface area contributed by atoms with Gasteiger partial charge in [-0.05, 0) is 11.6 Å². The number of rotatable bonds is 5. The van der Waals surface area contributed by atoms with Crippen LogP contribution in [0, 0.1) is 0 Å². The van der Waals surface area contributed by atoms with E-state index in [1.165, 1.54) is 0 Å². The maximum Gasteiger partial charge on any atom is 0.435 e. The molecule has 1 aromatic carbocycles. The second-order valence-electron chi connectivity index (χ2n) is 4.20. The third-order valence-electron chi connectivity index (χ3n) is 2.50. The van der Waals surface area contributed by atoms with Crippen LogP contribution in [0.15, 0.2) is 42.6 Å². The van der Waals surface area contributed by atoms with E-state index < -0.39 is 17.8 Å². The third kappa shape index (κ3) is 4.60. The highest BCUT2D eigenvalue weighted by atomic mass is 19.4. The standard InChI is InChI=1S/C13H12F3N3O2/c14-13(15,16)11-6-7-19(17-11)8-12(20)18-21-9-10-4-2-1-3-5-10/h1-7H,8-9H2,(H,18,20). The van der Waals surface area contributed by atoms with Crippen molar-refractivity contribution in [1.29, 1.82) is 0 Å². The predicted molar refractivity (Wildman–Crippen MR) is 66.6 cm³/mol. The van der Waals surface area contributed by atoms with Gasteiger partial charge in [0.1, 0.15) is 6.54 Å². The SMILES string of the molecule is O=C(Cn1ccc(C(F)(F)F)n1)NOCc1ccccc1. The monoisotopic (exact) mass is 299 g/mol. The van der Waals surface area contributed by atoms with Crippen molar-refractivity contribution >= 4 is 5.91 Å². The van der Waals surface area contributed by atoms with Crippen molar-refractivity contribution in [2.75, 3.05) is 0 Å². The number of amides is 1.